The van der Waals surface area contributed by atoms with Crippen LogP contribution in [0.2, 0.25) is 0 Å². The van der Waals surface area contributed by atoms with Gasteiger partial charge >= 0.3 is 0 Å². The third-order valence-corrected chi connectivity index (χ3v) is 15.0. The third-order valence-electron chi connectivity index (χ3n) is 15.0. The van der Waals surface area contributed by atoms with Gasteiger partial charge < -0.3 is 0 Å². The van der Waals surface area contributed by atoms with Crippen LogP contribution in [0.5, 0.6) is 0 Å². The normalized spacial score (nSPS) is 87.0. The smallest absolute Gasteiger partial charge is 0.0167 e. The molecule has 4 bridgehead atoms. The van der Waals surface area contributed by atoms with Gasteiger partial charge in [0.05, 0.1) is 0 Å². The minimum Gasteiger partial charge on any atom is -0.0619 e. The van der Waals surface area contributed by atoms with Crippen LogP contribution in [0.1, 0.15) is 68.2 Å². The summed E-state index contributed by atoms with van der Waals surface area (Å²) in [5.74, 6) is 8.44. The van der Waals surface area contributed by atoms with Gasteiger partial charge in [-0.25, -0.2) is 0 Å². The van der Waals surface area contributed by atoms with E-state index in [1.54, 1.807) is 12.8 Å². The predicted octanol–water partition coefficient (Wildman–Crippen LogP) is 5.87. The van der Waals surface area contributed by atoms with E-state index in [-0.39, 0.29) is 0 Å². The Balaban J connectivity index is 1.48. The Morgan fingerprint density at radius 3 is 1.12 bits per heavy atom. The van der Waals surface area contributed by atoms with Crippen LogP contribution >= 0.6 is 0 Å². The molecule has 0 aromatic carbocycles. The maximum Gasteiger partial charge on any atom is -0.0167 e. The highest BCUT2D eigenvalue weighted by atomic mass is 15.1. The second-order valence-electron chi connectivity index (χ2n) is 13.0. The number of hydrogen-bond donors (Lipinski definition) is 0. The van der Waals surface area contributed by atoms with Crippen molar-refractivity contribution >= 4 is 0 Å². The summed E-state index contributed by atoms with van der Waals surface area (Å²) in [4.78, 5) is 0. The van der Waals surface area contributed by atoms with Crippen molar-refractivity contribution < 1.29 is 0 Å². The fourth-order valence-corrected chi connectivity index (χ4v) is 13.6. The summed E-state index contributed by atoms with van der Waals surface area (Å²) in [5.41, 5.74) is 3.90. The van der Waals surface area contributed by atoms with Gasteiger partial charge in [-0.05, 0) is 92.7 Å². The summed E-state index contributed by atoms with van der Waals surface area (Å²) in [6.07, 6.45) is 3.09. The first-order valence-corrected chi connectivity index (χ1v) is 11.0. The Bertz CT molecular complexity index is 676. The molecule has 0 nitrogen and oxygen atoms in total. The van der Waals surface area contributed by atoms with Crippen LogP contribution in [0.3, 0.4) is 0 Å². The molecule has 0 spiro atoms. The van der Waals surface area contributed by atoms with E-state index in [0.29, 0.717) is 32.5 Å². The van der Waals surface area contributed by atoms with Crippen LogP contribution in [0, 0.1) is 79.8 Å². The summed E-state index contributed by atoms with van der Waals surface area (Å²) < 4.78 is 0. The van der Waals surface area contributed by atoms with Gasteiger partial charge in [-0.15, -0.1) is 0 Å². The highest BCUT2D eigenvalue weighted by molar-refractivity contribution is 5.51. The number of rotatable bonds is 0. The van der Waals surface area contributed by atoms with Crippen LogP contribution in [-0.2, 0) is 0 Å². The van der Waals surface area contributed by atoms with Crippen LogP contribution < -0.4 is 0 Å². The fraction of sp³-hybridized carbons (Fsp3) is 1.00. The average Bonchev–Trinajstić information content (AvgIpc) is 3.00. The Labute approximate surface area is 148 Å². The largest absolute Gasteiger partial charge is 0.0619 e. The van der Waals surface area contributed by atoms with Crippen molar-refractivity contribution in [3.63, 3.8) is 0 Å². The molecule has 132 valence electrons. The summed E-state index contributed by atoms with van der Waals surface area (Å²) in [7, 11) is 0. The molecular weight excluding hydrogens is 288 g/mol. The summed E-state index contributed by atoms with van der Waals surface area (Å²) in [5, 5.41) is 0. The van der Waals surface area contributed by atoms with Crippen molar-refractivity contribution in [1.29, 1.82) is 0 Å². The third kappa shape index (κ3) is 0.663. The maximum absolute atomic E-state index is 2.80. The lowest BCUT2D eigenvalue weighted by Crippen LogP contribution is -2.74. The molecule has 24 heavy (non-hydrogen) atoms. The maximum atomic E-state index is 2.80. The lowest BCUT2D eigenvalue weighted by molar-refractivity contribution is -0.312. The molecule has 0 heteroatoms. The first-order valence-electron chi connectivity index (χ1n) is 11.0. The highest BCUT2D eigenvalue weighted by Gasteiger charge is 3.05. The minimum atomic E-state index is 0.634. The van der Waals surface area contributed by atoms with E-state index in [0.717, 1.165) is 47.3 Å². The van der Waals surface area contributed by atoms with Crippen molar-refractivity contribution in [2.24, 2.45) is 79.8 Å². The standard InChI is InChI=1S/C24H36/c1-11-9-13-15-17-18-16-14-10-12(2)20(14,4)22(16,6)24(17,8)23(18,7)21(15,5)19(11,13)3/h11-18H,9-10H2,1-8H3. The van der Waals surface area contributed by atoms with Crippen LogP contribution in [0.4, 0.5) is 0 Å². The van der Waals surface area contributed by atoms with Gasteiger partial charge in [0.1, 0.15) is 0 Å². The number of hydrogen-bond acceptors (Lipinski definition) is 0. The Morgan fingerprint density at radius 2 is 0.833 bits per heavy atom. The minimum absolute atomic E-state index is 0.634. The molecule has 0 saturated heterocycles. The Hall–Kier alpha value is 0. The molecule has 0 radical (unpaired) electrons. The van der Waals surface area contributed by atoms with E-state index in [9.17, 15) is 0 Å². The molecule has 0 N–H and O–H groups in total. The predicted molar refractivity (Wildman–Crippen MR) is 97.1 cm³/mol. The molecule has 0 amide bonds. The fourth-order valence-electron chi connectivity index (χ4n) is 13.6. The first-order chi connectivity index (χ1) is 11.0. The molecule has 9 aliphatic carbocycles. The molecule has 0 aromatic heterocycles. The zero-order valence-electron chi connectivity index (χ0n) is 17.0. The lowest BCUT2D eigenvalue weighted by atomic mass is 9.26. The van der Waals surface area contributed by atoms with E-state index in [1.807, 2.05) is 0 Å². The van der Waals surface area contributed by atoms with Gasteiger partial charge in [0.2, 0.25) is 0 Å². The van der Waals surface area contributed by atoms with Gasteiger partial charge in [-0.1, -0.05) is 55.4 Å². The SMILES string of the molecule is CC1CC2C3C4C5C6C7CC(C)C7(C)C6(C)C4(C)C5(C)C3(C)C12C. The van der Waals surface area contributed by atoms with Crippen molar-refractivity contribution in [1.82, 2.24) is 0 Å². The topological polar surface area (TPSA) is 0 Å². The summed E-state index contributed by atoms with van der Waals surface area (Å²) in [6, 6.07) is 0. The van der Waals surface area contributed by atoms with Crippen LogP contribution in [0.15, 0.2) is 0 Å². The average molecular weight is 325 g/mol. The second kappa shape index (κ2) is 2.90. The Kier molecular flexibility index (Phi) is 1.70. The van der Waals surface area contributed by atoms with Gasteiger partial charge in [-0.2, -0.15) is 0 Å². The van der Waals surface area contributed by atoms with Crippen LogP contribution in [-0.4, -0.2) is 0 Å². The monoisotopic (exact) mass is 324 g/mol. The molecule has 0 aliphatic heterocycles. The van der Waals surface area contributed by atoms with E-state index in [1.165, 1.54) is 0 Å². The van der Waals surface area contributed by atoms with E-state index >= 15 is 0 Å². The molecule has 9 rings (SSSR count). The van der Waals surface area contributed by atoms with Gasteiger partial charge in [0.15, 0.2) is 0 Å². The molecule has 0 heterocycles. The van der Waals surface area contributed by atoms with E-state index in [4.69, 9.17) is 0 Å². The van der Waals surface area contributed by atoms with Gasteiger partial charge in [-0.3, -0.25) is 0 Å². The molecule has 9 saturated carbocycles. The van der Waals surface area contributed by atoms with Crippen LogP contribution in [0.25, 0.3) is 0 Å². The van der Waals surface area contributed by atoms with Crippen molar-refractivity contribution in [3.05, 3.63) is 0 Å². The highest BCUT2D eigenvalue weighted by Crippen LogP contribution is 3.08. The van der Waals surface area contributed by atoms with Crippen molar-refractivity contribution in [3.8, 4) is 0 Å². The van der Waals surface area contributed by atoms with Gasteiger partial charge in [0, 0.05) is 0 Å². The molecule has 14 unspecified atom stereocenters. The van der Waals surface area contributed by atoms with Crippen molar-refractivity contribution in [2.45, 2.75) is 68.2 Å². The quantitative estimate of drug-likeness (QED) is 0.523. The molecule has 0 aromatic rings. The molecular formula is C24H36. The first kappa shape index (κ1) is 14.1. The molecule has 14 atom stereocenters. The summed E-state index contributed by atoms with van der Waals surface area (Å²) in [6.45, 7) is 21.7. The Morgan fingerprint density at radius 1 is 0.500 bits per heavy atom. The molecule has 9 fully saturated rings. The van der Waals surface area contributed by atoms with E-state index in [2.05, 4.69) is 55.4 Å². The number of fused-ring (bicyclic) bond motifs is 2. The zero-order valence-corrected chi connectivity index (χ0v) is 17.0. The van der Waals surface area contributed by atoms with Gasteiger partial charge in [0.25, 0.3) is 0 Å². The van der Waals surface area contributed by atoms with Crippen molar-refractivity contribution in [2.75, 3.05) is 0 Å². The van der Waals surface area contributed by atoms with E-state index < -0.39 is 0 Å². The second-order valence-corrected chi connectivity index (χ2v) is 13.0. The zero-order chi connectivity index (χ0) is 17.0. The lowest BCUT2D eigenvalue weighted by Gasteiger charge is -2.78. The molecule has 9 aliphatic rings. The summed E-state index contributed by atoms with van der Waals surface area (Å²) >= 11 is 0.